The van der Waals surface area contributed by atoms with Gasteiger partial charge in [-0.3, -0.25) is 4.79 Å². The molecule has 1 aromatic heterocycles. The Labute approximate surface area is 158 Å². The van der Waals surface area contributed by atoms with Crippen molar-refractivity contribution >= 4 is 10.0 Å². The van der Waals surface area contributed by atoms with Gasteiger partial charge in [-0.2, -0.15) is 5.10 Å². The summed E-state index contributed by atoms with van der Waals surface area (Å²) >= 11 is 0. The second kappa shape index (κ2) is 7.85. The number of aryl methyl sites for hydroxylation is 2. The van der Waals surface area contributed by atoms with Crippen molar-refractivity contribution in [1.82, 2.24) is 14.9 Å². The average molecular weight is 383 g/mol. The molecule has 2 N–H and O–H groups in total. The standard InChI is InChI=1S/C20H21N3O3S/c1-14-3-5-17(6-4-14)13-21-27(25,26)19-9-7-16(8-10-19)12-18-11-15(2)22-23-20(18)24/h3-11,21H,12-13H2,1-2H3,(H,23,24). The molecule has 0 saturated carbocycles. The summed E-state index contributed by atoms with van der Waals surface area (Å²) in [5, 5.41) is 6.30. The Kier molecular flexibility index (Phi) is 5.53. The molecule has 3 rings (SSSR count). The maximum atomic E-state index is 12.5. The quantitative estimate of drug-likeness (QED) is 0.684. The van der Waals surface area contributed by atoms with Crippen LogP contribution in [0.15, 0.2) is 64.3 Å². The molecule has 7 heteroatoms. The van der Waals surface area contributed by atoms with Crippen molar-refractivity contribution < 1.29 is 8.42 Å². The van der Waals surface area contributed by atoms with E-state index in [0.717, 1.165) is 22.4 Å². The van der Waals surface area contributed by atoms with Gasteiger partial charge in [0, 0.05) is 18.5 Å². The maximum absolute atomic E-state index is 12.5. The molecule has 0 unspecified atom stereocenters. The third-order valence-corrected chi connectivity index (χ3v) is 5.64. The van der Waals surface area contributed by atoms with Crippen LogP contribution in [0, 0.1) is 13.8 Å². The summed E-state index contributed by atoms with van der Waals surface area (Å²) in [6.45, 7) is 4.02. The van der Waals surface area contributed by atoms with E-state index in [9.17, 15) is 13.2 Å². The molecule has 0 radical (unpaired) electrons. The Morgan fingerprint density at radius 1 is 0.963 bits per heavy atom. The summed E-state index contributed by atoms with van der Waals surface area (Å²) in [5.74, 6) is 0. The fourth-order valence-corrected chi connectivity index (χ4v) is 3.68. The van der Waals surface area contributed by atoms with Crippen molar-refractivity contribution in [2.45, 2.75) is 31.7 Å². The van der Waals surface area contributed by atoms with E-state index in [2.05, 4.69) is 14.9 Å². The number of hydrogen-bond donors (Lipinski definition) is 2. The lowest BCUT2D eigenvalue weighted by molar-refractivity contribution is 0.581. The van der Waals surface area contributed by atoms with Crippen LogP contribution in [0.2, 0.25) is 0 Å². The second-order valence-corrected chi connectivity index (χ2v) is 8.26. The fourth-order valence-electron chi connectivity index (χ4n) is 2.67. The van der Waals surface area contributed by atoms with E-state index in [0.29, 0.717) is 12.0 Å². The molecule has 1 heterocycles. The molecular weight excluding hydrogens is 362 g/mol. The summed E-state index contributed by atoms with van der Waals surface area (Å²) in [5.41, 5.74) is 3.95. The zero-order valence-electron chi connectivity index (χ0n) is 15.2. The van der Waals surface area contributed by atoms with E-state index in [1.54, 1.807) is 37.3 Å². The molecule has 0 aliphatic rings. The van der Waals surface area contributed by atoms with Crippen molar-refractivity contribution in [2.24, 2.45) is 0 Å². The molecule has 0 fully saturated rings. The largest absolute Gasteiger partial charge is 0.268 e. The number of H-pyrrole nitrogens is 1. The molecule has 0 aliphatic carbocycles. The SMILES string of the molecule is Cc1ccc(CNS(=O)(=O)c2ccc(Cc3cc(C)n[nH]c3=O)cc2)cc1. The van der Waals surface area contributed by atoms with Gasteiger partial charge in [-0.25, -0.2) is 18.2 Å². The molecule has 140 valence electrons. The Balaban J connectivity index is 1.70. The fraction of sp³-hybridized carbons (Fsp3) is 0.200. The molecule has 0 saturated heterocycles. The third-order valence-electron chi connectivity index (χ3n) is 4.22. The van der Waals surface area contributed by atoms with Crippen LogP contribution in [-0.2, 0) is 23.0 Å². The van der Waals surface area contributed by atoms with Crippen LogP contribution in [-0.4, -0.2) is 18.6 Å². The Bertz CT molecular complexity index is 1090. The van der Waals surface area contributed by atoms with E-state index in [-0.39, 0.29) is 17.0 Å². The smallest absolute Gasteiger partial charge is 0.267 e. The number of sulfonamides is 1. The van der Waals surface area contributed by atoms with Crippen LogP contribution in [0.4, 0.5) is 0 Å². The van der Waals surface area contributed by atoms with Crippen molar-refractivity contribution in [3.8, 4) is 0 Å². The van der Waals surface area contributed by atoms with Crippen LogP contribution < -0.4 is 10.3 Å². The van der Waals surface area contributed by atoms with Crippen LogP contribution >= 0.6 is 0 Å². The topological polar surface area (TPSA) is 91.9 Å². The van der Waals surface area contributed by atoms with Crippen LogP contribution in [0.1, 0.15) is 27.9 Å². The van der Waals surface area contributed by atoms with Crippen molar-refractivity contribution in [2.75, 3.05) is 0 Å². The Morgan fingerprint density at radius 2 is 1.59 bits per heavy atom. The Morgan fingerprint density at radius 3 is 2.26 bits per heavy atom. The van der Waals surface area contributed by atoms with Gasteiger partial charge >= 0.3 is 0 Å². The number of nitrogens with zero attached hydrogens (tertiary/aromatic N) is 1. The number of nitrogens with one attached hydrogen (secondary N) is 2. The predicted molar refractivity (Wildman–Crippen MR) is 104 cm³/mol. The lowest BCUT2D eigenvalue weighted by atomic mass is 10.1. The van der Waals surface area contributed by atoms with E-state index in [1.807, 2.05) is 31.2 Å². The van der Waals surface area contributed by atoms with Gasteiger partial charge in [0.2, 0.25) is 10.0 Å². The van der Waals surface area contributed by atoms with Gasteiger partial charge in [-0.05, 0) is 43.2 Å². The van der Waals surface area contributed by atoms with E-state index >= 15 is 0 Å². The molecule has 6 nitrogen and oxygen atoms in total. The third kappa shape index (κ3) is 4.90. The highest BCUT2D eigenvalue weighted by atomic mass is 32.2. The van der Waals surface area contributed by atoms with Crippen molar-refractivity contribution in [3.63, 3.8) is 0 Å². The van der Waals surface area contributed by atoms with E-state index in [1.165, 1.54) is 0 Å². The summed E-state index contributed by atoms with van der Waals surface area (Å²) in [7, 11) is -3.60. The molecule has 27 heavy (non-hydrogen) atoms. The molecule has 0 amide bonds. The molecule has 0 atom stereocenters. The first-order valence-corrected chi connectivity index (χ1v) is 10.0. The summed E-state index contributed by atoms with van der Waals surface area (Å²) in [4.78, 5) is 12.0. The number of hydrogen-bond acceptors (Lipinski definition) is 4. The first kappa shape index (κ1) is 19.0. The average Bonchev–Trinajstić information content (AvgIpc) is 2.65. The normalized spacial score (nSPS) is 11.5. The highest BCUT2D eigenvalue weighted by Crippen LogP contribution is 2.14. The van der Waals surface area contributed by atoms with Crippen molar-refractivity contribution in [3.05, 3.63) is 92.9 Å². The molecule has 3 aromatic rings. The maximum Gasteiger partial charge on any atom is 0.267 e. The summed E-state index contributed by atoms with van der Waals surface area (Å²) < 4.78 is 27.5. The van der Waals surface area contributed by atoms with Gasteiger partial charge in [0.25, 0.3) is 5.56 Å². The molecular formula is C20H21N3O3S. The van der Waals surface area contributed by atoms with Crippen LogP contribution in [0.3, 0.4) is 0 Å². The van der Waals surface area contributed by atoms with Gasteiger partial charge in [-0.15, -0.1) is 0 Å². The number of aromatic amines is 1. The lowest BCUT2D eigenvalue weighted by Gasteiger charge is -2.08. The lowest BCUT2D eigenvalue weighted by Crippen LogP contribution is -2.23. The van der Waals surface area contributed by atoms with Gasteiger partial charge in [0.15, 0.2) is 0 Å². The first-order valence-electron chi connectivity index (χ1n) is 8.53. The van der Waals surface area contributed by atoms with Crippen molar-refractivity contribution in [1.29, 1.82) is 0 Å². The Hall–Kier alpha value is -2.77. The highest BCUT2D eigenvalue weighted by molar-refractivity contribution is 7.89. The summed E-state index contributed by atoms with van der Waals surface area (Å²) in [6, 6.07) is 16.0. The van der Waals surface area contributed by atoms with Gasteiger partial charge in [0.1, 0.15) is 0 Å². The highest BCUT2D eigenvalue weighted by Gasteiger charge is 2.14. The van der Waals surface area contributed by atoms with Gasteiger partial charge in [0.05, 0.1) is 10.6 Å². The minimum absolute atomic E-state index is 0.193. The van der Waals surface area contributed by atoms with E-state index < -0.39 is 10.0 Å². The van der Waals surface area contributed by atoms with Gasteiger partial charge < -0.3 is 0 Å². The first-order chi connectivity index (χ1) is 12.8. The number of benzene rings is 2. The monoisotopic (exact) mass is 383 g/mol. The zero-order chi connectivity index (χ0) is 19.4. The van der Waals surface area contributed by atoms with Gasteiger partial charge in [-0.1, -0.05) is 42.0 Å². The number of aromatic nitrogens is 2. The molecule has 0 bridgehead atoms. The predicted octanol–water partition coefficient (Wildman–Crippen LogP) is 2.46. The van der Waals surface area contributed by atoms with Crippen LogP contribution in [0.5, 0.6) is 0 Å². The number of rotatable bonds is 6. The second-order valence-electron chi connectivity index (χ2n) is 6.49. The molecule has 0 spiro atoms. The van der Waals surface area contributed by atoms with Crippen LogP contribution in [0.25, 0.3) is 0 Å². The zero-order valence-corrected chi connectivity index (χ0v) is 16.0. The molecule has 2 aromatic carbocycles. The summed E-state index contributed by atoms with van der Waals surface area (Å²) in [6.07, 6.45) is 0.413. The van der Waals surface area contributed by atoms with E-state index in [4.69, 9.17) is 0 Å². The minimum atomic E-state index is -3.60. The minimum Gasteiger partial charge on any atom is -0.268 e. The molecule has 0 aliphatic heterocycles.